The molecule has 0 unspecified atom stereocenters. The third-order valence-corrected chi connectivity index (χ3v) is 4.66. The molecule has 1 N–H and O–H groups in total. The molecule has 0 fully saturated rings. The smallest absolute Gasteiger partial charge is 0.230 e. The summed E-state index contributed by atoms with van der Waals surface area (Å²) in [5.41, 5.74) is 4.65. The molecule has 0 bridgehead atoms. The van der Waals surface area contributed by atoms with Gasteiger partial charge in [-0.15, -0.1) is 0 Å². The molecule has 1 amide bonds. The second kappa shape index (κ2) is 6.89. The van der Waals surface area contributed by atoms with Gasteiger partial charge in [-0.25, -0.2) is 4.68 Å². The molecule has 1 aliphatic heterocycles. The summed E-state index contributed by atoms with van der Waals surface area (Å²) in [7, 11) is 3.84. The van der Waals surface area contributed by atoms with Crippen molar-refractivity contribution in [3.8, 4) is 5.69 Å². The summed E-state index contributed by atoms with van der Waals surface area (Å²) in [4.78, 5) is 19.1. The molecule has 27 heavy (non-hydrogen) atoms. The zero-order valence-corrected chi connectivity index (χ0v) is 15.7. The van der Waals surface area contributed by atoms with E-state index in [1.54, 1.807) is 16.9 Å². The molecule has 6 nitrogen and oxygen atoms in total. The Kier molecular flexibility index (Phi) is 4.41. The van der Waals surface area contributed by atoms with Gasteiger partial charge in [-0.1, -0.05) is 23.7 Å². The first-order valence-electron chi connectivity index (χ1n) is 8.50. The van der Waals surface area contributed by atoms with Crippen LogP contribution >= 0.6 is 11.6 Å². The lowest BCUT2D eigenvalue weighted by molar-refractivity contribution is -0.115. The van der Waals surface area contributed by atoms with Gasteiger partial charge in [-0.3, -0.25) is 9.79 Å². The normalized spacial score (nSPS) is 13.4. The number of rotatable bonds is 3. The van der Waals surface area contributed by atoms with Crippen LogP contribution in [0.5, 0.6) is 0 Å². The molecule has 136 valence electrons. The monoisotopic (exact) mass is 379 g/mol. The summed E-state index contributed by atoms with van der Waals surface area (Å²) in [6, 6.07) is 13.3. The van der Waals surface area contributed by atoms with E-state index >= 15 is 0 Å². The van der Waals surface area contributed by atoms with E-state index in [-0.39, 0.29) is 12.3 Å². The number of nitrogens with zero attached hydrogens (tertiary/aromatic N) is 4. The second-order valence-corrected chi connectivity index (χ2v) is 6.91. The highest BCUT2D eigenvalue weighted by atomic mass is 35.5. The molecular formula is C20H18ClN5O. The van der Waals surface area contributed by atoms with Gasteiger partial charge in [0.25, 0.3) is 0 Å². The minimum Gasteiger partial charge on any atom is -0.376 e. The van der Waals surface area contributed by atoms with Gasteiger partial charge >= 0.3 is 0 Å². The minimum absolute atomic E-state index is 0.120. The molecule has 3 aromatic rings. The Bertz CT molecular complexity index is 1040. The summed E-state index contributed by atoms with van der Waals surface area (Å²) < 4.78 is 1.78. The standard InChI is InChI=1S/C20H18ClN5O/c1-25(2)19-11-18-17(10-15(19)21)24-20(27)12-16(23-18)13-5-3-6-14(9-13)26-8-4-7-22-26/h3-11H,12H2,1-2H3,(H,24,27). The van der Waals surface area contributed by atoms with Gasteiger partial charge in [0.05, 0.1) is 39.9 Å². The number of benzene rings is 2. The van der Waals surface area contributed by atoms with Crippen molar-refractivity contribution in [1.29, 1.82) is 0 Å². The maximum atomic E-state index is 12.4. The average molecular weight is 380 g/mol. The number of hydrogen-bond acceptors (Lipinski definition) is 4. The average Bonchev–Trinajstić information content (AvgIpc) is 3.12. The van der Waals surface area contributed by atoms with Crippen LogP contribution in [0.1, 0.15) is 12.0 Å². The number of aromatic nitrogens is 2. The first kappa shape index (κ1) is 17.3. The van der Waals surface area contributed by atoms with Gasteiger partial charge in [0, 0.05) is 26.5 Å². The third-order valence-electron chi connectivity index (χ3n) is 4.35. The molecule has 1 aliphatic rings. The maximum absolute atomic E-state index is 12.4. The van der Waals surface area contributed by atoms with E-state index in [0.29, 0.717) is 22.1 Å². The van der Waals surface area contributed by atoms with Crippen molar-refractivity contribution in [2.75, 3.05) is 24.3 Å². The van der Waals surface area contributed by atoms with Crippen LogP contribution in [0.4, 0.5) is 17.1 Å². The fourth-order valence-electron chi connectivity index (χ4n) is 3.03. The fourth-order valence-corrected chi connectivity index (χ4v) is 3.37. The molecule has 0 atom stereocenters. The van der Waals surface area contributed by atoms with Crippen molar-refractivity contribution in [3.05, 3.63) is 65.4 Å². The number of hydrogen-bond donors (Lipinski definition) is 1. The topological polar surface area (TPSA) is 62.5 Å². The van der Waals surface area contributed by atoms with Gasteiger partial charge in [0.1, 0.15) is 0 Å². The van der Waals surface area contributed by atoms with E-state index in [4.69, 9.17) is 16.6 Å². The van der Waals surface area contributed by atoms with Crippen molar-refractivity contribution in [2.45, 2.75) is 6.42 Å². The SMILES string of the molecule is CN(C)c1cc2c(cc1Cl)NC(=O)CC(c1cccc(-n3cccn3)c1)=N2. The molecule has 0 saturated carbocycles. The molecule has 0 aliphatic carbocycles. The predicted molar refractivity (Wildman–Crippen MR) is 109 cm³/mol. The summed E-state index contributed by atoms with van der Waals surface area (Å²) in [6.45, 7) is 0. The van der Waals surface area contributed by atoms with Gasteiger partial charge < -0.3 is 10.2 Å². The summed E-state index contributed by atoms with van der Waals surface area (Å²) in [5, 5.41) is 7.73. The van der Waals surface area contributed by atoms with E-state index in [9.17, 15) is 4.79 Å². The zero-order valence-electron chi connectivity index (χ0n) is 15.0. The first-order chi connectivity index (χ1) is 13.0. The maximum Gasteiger partial charge on any atom is 0.230 e. The van der Waals surface area contributed by atoms with Crippen LogP contribution in [0.2, 0.25) is 5.02 Å². The highest BCUT2D eigenvalue weighted by molar-refractivity contribution is 6.34. The third kappa shape index (κ3) is 3.44. The van der Waals surface area contributed by atoms with E-state index in [1.807, 2.05) is 61.6 Å². The molecule has 4 rings (SSSR count). The summed E-state index contributed by atoms with van der Waals surface area (Å²) in [6.07, 6.45) is 3.79. The van der Waals surface area contributed by atoms with Crippen molar-refractivity contribution in [3.63, 3.8) is 0 Å². The van der Waals surface area contributed by atoms with Gasteiger partial charge in [0.2, 0.25) is 5.91 Å². The van der Waals surface area contributed by atoms with E-state index < -0.39 is 0 Å². The van der Waals surface area contributed by atoms with E-state index in [2.05, 4.69) is 10.4 Å². The second-order valence-electron chi connectivity index (χ2n) is 6.50. The van der Waals surface area contributed by atoms with Gasteiger partial charge in [0.15, 0.2) is 0 Å². The lowest BCUT2D eigenvalue weighted by Gasteiger charge is -2.16. The van der Waals surface area contributed by atoms with Crippen LogP contribution in [-0.4, -0.2) is 35.5 Å². The van der Waals surface area contributed by atoms with Gasteiger partial charge in [-0.05, 0) is 35.9 Å². The van der Waals surface area contributed by atoms with Crippen LogP contribution < -0.4 is 10.2 Å². The Hall–Kier alpha value is -3.12. The van der Waals surface area contributed by atoms with E-state index in [0.717, 1.165) is 16.9 Å². The largest absolute Gasteiger partial charge is 0.376 e. The number of carbonyl (C=O) groups excluding carboxylic acids is 1. The number of carbonyl (C=O) groups is 1. The molecule has 0 saturated heterocycles. The molecule has 0 spiro atoms. The number of aliphatic imine (C=N–C) groups is 1. The van der Waals surface area contributed by atoms with Crippen molar-refractivity contribution < 1.29 is 4.79 Å². The highest BCUT2D eigenvalue weighted by Gasteiger charge is 2.19. The van der Waals surface area contributed by atoms with Crippen LogP contribution in [0, 0.1) is 0 Å². The number of fused-ring (bicyclic) bond motifs is 1. The van der Waals surface area contributed by atoms with Crippen LogP contribution in [-0.2, 0) is 4.79 Å². The Morgan fingerprint density at radius 3 is 2.78 bits per heavy atom. The Balaban J connectivity index is 1.81. The molecular weight excluding hydrogens is 362 g/mol. The Labute approximate surface area is 162 Å². The highest BCUT2D eigenvalue weighted by Crippen LogP contribution is 2.38. The molecule has 7 heteroatoms. The van der Waals surface area contributed by atoms with Crippen LogP contribution in [0.25, 0.3) is 5.69 Å². The quantitative estimate of drug-likeness (QED) is 0.746. The van der Waals surface area contributed by atoms with Crippen molar-refractivity contribution in [2.24, 2.45) is 4.99 Å². The molecule has 2 heterocycles. The lowest BCUT2D eigenvalue weighted by atomic mass is 10.1. The number of anilines is 2. The zero-order chi connectivity index (χ0) is 19.0. The Morgan fingerprint density at radius 1 is 1.19 bits per heavy atom. The molecule has 0 radical (unpaired) electrons. The summed E-state index contributed by atoms with van der Waals surface area (Å²) >= 11 is 6.34. The van der Waals surface area contributed by atoms with Crippen molar-refractivity contribution >= 4 is 40.3 Å². The first-order valence-corrected chi connectivity index (χ1v) is 8.88. The minimum atomic E-state index is -0.120. The Morgan fingerprint density at radius 2 is 2.04 bits per heavy atom. The fraction of sp³-hybridized carbons (Fsp3) is 0.150. The van der Waals surface area contributed by atoms with Gasteiger partial charge in [-0.2, -0.15) is 5.10 Å². The predicted octanol–water partition coefficient (Wildman–Crippen LogP) is 4.05. The van der Waals surface area contributed by atoms with Crippen LogP contribution in [0.15, 0.2) is 59.9 Å². The number of halogens is 1. The van der Waals surface area contributed by atoms with E-state index in [1.165, 1.54) is 0 Å². The molecule has 2 aromatic carbocycles. The molecule has 1 aromatic heterocycles. The van der Waals surface area contributed by atoms with Crippen LogP contribution in [0.3, 0.4) is 0 Å². The lowest BCUT2D eigenvalue weighted by Crippen LogP contribution is -2.15. The number of nitrogens with one attached hydrogen (secondary N) is 1. The summed E-state index contributed by atoms with van der Waals surface area (Å²) in [5.74, 6) is -0.120. The number of amides is 1. The van der Waals surface area contributed by atoms with Crippen molar-refractivity contribution in [1.82, 2.24) is 9.78 Å².